The van der Waals surface area contributed by atoms with Crippen LogP contribution in [0.15, 0.2) is 24.3 Å². The van der Waals surface area contributed by atoms with Crippen LogP contribution in [0.2, 0.25) is 5.02 Å². The standard InChI is InChI=1S/C9H4ClN3S/c10-7-3-1-2-6(4-7)9-13-12-8(5-11)14-9/h1-4H. The van der Waals surface area contributed by atoms with Gasteiger partial charge in [0.15, 0.2) is 0 Å². The Balaban J connectivity index is 2.45. The van der Waals surface area contributed by atoms with Gasteiger partial charge in [0.2, 0.25) is 5.01 Å². The van der Waals surface area contributed by atoms with E-state index in [9.17, 15) is 0 Å². The first-order chi connectivity index (χ1) is 6.79. The first-order valence-corrected chi connectivity index (χ1v) is 4.98. The highest BCUT2D eigenvalue weighted by atomic mass is 35.5. The van der Waals surface area contributed by atoms with Crippen LogP contribution in [0.1, 0.15) is 5.01 Å². The quantitative estimate of drug-likeness (QED) is 0.744. The van der Waals surface area contributed by atoms with Crippen LogP contribution in [0.25, 0.3) is 10.6 Å². The summed E-state index contributed by atoms with van der Waals surface area (Å²) >= 11 is 7.08. The van der Waals surface area contributed by atoms with Crippen molar-refractivity contribution < 1.29 is 0 Å². The Morgan fingerprint density at radius 1 is 1.36 bits per heavy atom. The van der Waals surface area contributed by atoms with Crippen molar-refractivity contribution in [2.24, 2.45) is 0 Å². The number of benzene rings is 1. The predicted molar refractivity (Wildman–Crippen MR) is 55.1 cm³/mol. The van der Waals surface area contributed by atoms with Crippen molar-refractivity contribution in [3.8, 4) is 16.6 Å². The van der Waals surface area contributed by atoms with Crippen molar-refractivity contribution in [1.82, 2.24) is 10.2 Å². The molecule has 0 aliphatic carbocycles. The fraction of sp³-hybridized carbons (Fsp3) is 0. The second-order valence-corrected chi connectivity index (χ2v) is 3.95. The van der Waals surface area contributed by atoms with Gasteiger partial charge in [0.25, 0.3) is 0 Å². The molecule has 0 fully saturated rings. The maximum Gasteiger partial charge on any atom is 0.218 e. The molecule has 0 saturated heterocycles. The smallest absolute Gasteiger partial charge is 0.190 e. The molecule has 0 N–H and O–H groups in total. The van der Waals surface area contributed by atoms with Crippen molar-refractivity contribution in [2.75, 3.05) is 0 Å². The minimum Gasteiger partial charge on any atom is -0.190 e. The molecule has 5 heteroatoms. The summed E-state index contributed by atoms with van der Waals surface area (Å²) in [6.07, 6.45) is 0. The molecule has 0 saturated carbocycles. The lowest BCUT2D eigenvalue weighted by Crippen LogP contribution is -1.76. The molecule has 3 nitrogen and oxygen atoms in total. The third-order valence-corrected chi connectivity index (χ3v) is 2.70. The fourth-order valence-electron chi connectivity index (χ4n) is 1.01. The Morgan fingerprint density at radius 3 is 2.86 bits per heavy atom. The van der Waals surface area contributed by atoms with Crippen molar-refractivity contribution in [3.05, 3.63) is 34.3 Å². The maximum atomic E-state index is 8.58. The molecule has 1 aromatic carbocycles. The topological polar surface area (TPSA) is 49.6 Å². The lowest BCUT2D eigenvalue weighted by Gasteiger charge is -1.94. The summed E-state index contributed by atoms with van der Waals surface area (Å²) in [5.74, 6) is 0. The predicted octanol–water partition coefficient (Wildman–Crippen LogP) is 2.73. The maximum absolute atomic E-state index is 8.58. The minimum absolute atomic E-state index is 0.361. The zero-order chi connectivity index (χ0) is 9.97. The highest BCUT2D eigenvalue weighted by Gasteiger charge is 2.05. The molecule has 14 heavy (non-hydrogen) atoms. The van der Waals surface area contributed by atoms with Crippen molar-refractivity contribution in [2.45, 2.75) is 0 Å². The van der Waals surface area contributed by atoms with Crippen LogP contribution in [0.4, 0.5) is 0 Å². The van der Waals surface area contributed by atoms with Gasteiger partial charge in [-0.3, -0.25) is 0 Å². The molecule has 0 bridgehead atoms. The Hall–Kier alpha value is -1.44. The van der Waals surface area contributed by atoms with Gasteiger partial charge in [-0.05, 0) is 12.1 Å². The van der Waals surface area contributed by atoms with Crippen LogP contribution in [-0.2, 0) is 0 Å². The average molecular weight is 222 g/mol. The van der Waals surface area contributed by atoms with E-state index in [0.29, 0.717) is 15.0 Å². The van der Waals surface area contributed by atoms with E-state index < -0.39 is 0 Å². The Bertz CT molecular complexity index is 501. The molecule has 0 amide bonds. The molecule has 0 radical (unpaired) electrons. The first kappa shape index (κ1) is 9.13. The average Bonchev–Trinajstić information content (AvgIpc) is 2.66. The SMILES string of the molecule is N#Cc1nnc(-c2cccc(Cl)c2)s1. The van der Waals surface area contributed by atoms with Crippen LogP contribution in [0.5, 0.6) is 0 Å². The van der Waals surface area contributed by atoms with E-state index in [-0.39, 0.29) is 0 Å². The van der Waals surface area contributed by atoms with Gasteiger partial charge in [-0.2, -0.15) is 5.26 Å². The zero-order valence-electron chi connectivity index (χ0n) is 6.94. The summed E-state index contributed by atoms with van der Waals surface area (Å²) in [6.45, 7) is 0. The van der Waals surface area contributed by atoms with Gasteiger partial charge in [0.05, 0.1) is 0 Å². The number of hydrogen-bond acceptors (Lipinski definition) is 4. The van der Waals surface area contributed by atoms with E-state index in [4.69, 9.17) is 16.9 Å². The van der Waals surface area contributed by atoms with Crippen molar-refractivity contribution >= 4 is 22.9 Å². The van der Waals surface area contributed by atoms with E-state index in [1.165, 1.54) is 11.3 Å². The summed E-state index contributed by atoms with van der Waals surface area (Å²) in [6, 6.07) is 9.25. The number of hydrogen-bond donors (Lipinski definition) is 0. The molecule has 68 valence electrons. The fourth-order valence-corrected chi connectivity index (χ4v) is 1.83. The Labute approximate surface area is 89.6 Å². The first-order valence-electron chi connectivity index (χ1n) is 3.79. The summed E-state index contributed by atoms with van der Waals surface area (Å²) in [4.78, 5) is 0. The lowest BCUT2D eigenvalue weighted by molar-refractivity contribution is 1.08. The molecular weight excluding hydrogens is 218 g/mol. The number of nitriles is 1. The van der Waals surface area contributed by atoms with E-state index >= 15 is 0 Å². The van der Waals surface area contributed by atoms with Crippen molar-refractivity contribution in [1.29, 1.82) is 5.26 Å². The Morgan fingerprint density at radius 2 is 2.21 bits per heavy atom. The second-order valence-electron chi connectivity index (χ2n) is 2.53. The molecule has 0 atom stereocenters. The third-order valence-electron chi connectivity index (χ3n) is 1.59. The van der Waals surface area contributed by atoms with Gasteiger partial charge in [0.1, 0.15) is 11.1 Å². The molecular formula is C9H4ClN3S. The summed E-state index contributed by atoms with van der Waals surface area (Å²) in [5.41, 5.74) is 0.886. The van der Waals surface area contributed by atoms with Crippen LogP contribution >= 0.6 is 22.9 Å². The van der Waals surface area contributed by atoms with Crippen molar-refractivity contribution in [3.63, 3.8) is 0 Å². The molecule has 1 heterocycles. The van der Waals surface area contributed by atoms with Gasteiger partial charge in [-0.1, -0.05) is 35.1 Å². The number of rotatable bonds is 1. The number of nitrogens with zero attached hydrogens (tertiary/aromatic N) is 3. The van der Waals surface area contributed by atoms with Crippen LogP contribution in [-0.4, -0.2) is 10.2 Å². The normalized spacial score (nSPS) is 9.71. The molecule has 0 unspecified atom stereocenters. The minimum atomic E-state index is 0.361. The monoisotopic (exact) mass is 221 g/mol. The highest BCUT2D eigenvalue weighted by molar-refractivity contribution is 7.15. The highest BCUT2D eigenvalue weighted by Crippen LogP contribution is 2.25. The number of aromatic nitrogens is 2. The van der Waals surface area contributed by atoms with Gasteiger partial charge >= 0.3 is 0 Å². The van der Waals surface area contributed by atoms with E-state index in [0.717, 1.165) is 5.56 Å². The molecule has 2 rings (SSSR count). The summed E-state index contributed by atoms with van der Waals surface area (Å²) in [5, 5.41) is 17.9. The largest absolute Gasteiger partial charge is 0.218 e. The van der Waals surface area contributed by atoms with E-state index in [1.807, 2.05) is 18.2 Å². The summed E-state index contributed by atoms with van der Waals surface area (Å²) < 4.78 is 0. The van der Waals surface area contributed by atoms with Crippen LogP contribution in [0, 0.1) is 11.3 Å². The van der Waals surface area contributed by atoms with Gasteiger partial charge in [0, 0.05) is 10.6 Å². The second kappa shape index (κ2) is 3.74. The summed E-state index contributed by atoms with van der Waals surface area (Å²) in [7, 11) is 0. The molecule has 1 aromatic heterocycles. The third kappa shape index (κ3) is 1.74. The van der Waals surface area contributed by atoms with Crippen LogP contribution in [0.3, 0.4) is 0 Å². The van der Waals surface area contributed by atoms with Gasteiger partial charge < -0.3 is 0 Å². The zero-order valence-corrected chi connectivity index (χ0v) is 8.51. The molecule has 0 aliphatic heterocycles. The number of halogens is 1. The van der Waals surface area contributed by atoms with Gasteiger partial charge in [-0.15, -0.1) is 10.2 Å². The Kier molecular flexibility index (Phi) is 2.44. The lowest BCUT2D eigenvalue weighted by atomic mass is 10.2. The van der Waals surface area contributed by atoms with E-state index in [2.05, 4.69) is 10.2 Å². The van der Waals surface area contributed by atoms with Gasteiger partial charge in [-0.25, -0.2) is 0 Å². The molecule has 2 aromatic rings. The van der Waals surface area contributed by atoms with Crippen LogP contribution < -0.4 is 0 Å². The molecule has 0 spiro atoms. The van der Waals surface area contributed by atoms with E-state index in [1.54, 1.807) is 12.1 Å². The molecule has 0 aliphatic rings.